The summed E-state index contributed by atoms with van der Waals surface area (Å²) in [5, 5.41) is 3.11. The van der Waals surface area contributed by atoms with Crippen LogP contribution in [0.3, 0.4) is 0 Å². The Bertz CT molecular complexity index is 307. The van der Waals surface area contributed by atoms with Crippen LogP contribution in [0, 0.1) is 0 Å². The van der Waals surface area contributed by atoms with Gasteiger partial charge in [-0.15, -0.1) is 0 Å². The van der Waals surface area contributed by atoms with E-state index >= 15 is 0 Å². The van der Waals surface area contributed by atoms with Crippen molar-refractivity contribution < 1.29 is 21.6 Å². The van der Waals surface area contributed by atoms with Crippen molar-refractivity contribution in [2.75, 3.05) is 18.1 Å². The molecule has 1 aliphatic heterocycles. The Kier molecular flexibility index (Phi) is 4.61. The van der Waals surface area contributed by atoms with Gasteiger partial charge in [0.15, 0.2) is 9.84 Å². The first kappa shape index (κ1) is 13.8. The molecule has 0 aromatic heterocycles. The molecule has 16 heavy (non-hydrogen) atoms. The summed E-state index contributed by atoms with van der Waals surface area (Å²) in [7, 11) is -3.56. The van der Waals surface area contributed by atoms with Crippen molar-refractivity contribution in [1.29, 1.82) is 0 Å². The van der Waals surface area contributed by atoms with Crippen LogP contribution in [0.5, 0.6) is 0 Å². The molecule has 0 amide bonds. The second-order valence-corrected chi connectivity index (χ2v) is 6.40. The monoisotopic (exact) mass is 259 g/mol. The number of alkyl halides is 3. The van der Waals surface area contributed by atoms with Crippen molar-refractivity contribution in [3.05, 3.63) is 0 Å². The molecule has 1 N–H and O–H groups in total. The zero-order chi connectivity index (χ0) is 12.2. The van der Waals surface area contributed by atoms with Gasteiger partial charge in [0.2, 0.25) is 0 Å². The first-order valence-electron chi connectivity index (χ1n) is 5.29. The summed E-state index contributed by atoms with van der Waals surface area (Å²) in [6, 6.07) is 0.153. The van der Waals surface area contributed by atoms with Crippen LogP contribution in [0.25, 0.3) is 0 Å². The number of hydrogen-bond donors (Lipinski definition) is 1. The van der Waals surface area contributed by atoms with E-state index in [2.05, 4.69) is 5.32 Å². The third kappa shape index (κ3) is 5.69. The maximum absolute atomic E-state index is 11.9. The molecule has 96 valence electrons. The Hall–Kier alpha value is -0.300. The number of rotatable bonds is 5. The molecule has 0 aromatic rings. The Morgan fingerprint density at radius 2 is 1.94 bits per heavy atom. The van der Waals surface area contributed by atoms with E-state index in [-0.39, 0.29) is 11.8 Å². The Labute approximate surface area is 93.3 Å². The second-order valence-electron chi connectivity index (χ2n) is 4.10. The summed E-state index contributed by atoms with van der Waals surface area (Å²) in [5.41, 5.74) is 0. The fraction of sp³-hybridized carbons (Fsp3) is 1.00. The summed E-state index contributed by atoms with van der Waals surface area (Å²) in [6.45, 7) is 0.868. The fourth-order valence-electron chi connectivity index (χ4n) is 1.70. The lowest BCUT2D eigenvalue weighted by Gasteiger charge is -2.11. The Morgan fingerprint density at radius 3 is 2.44 bits per heavy atom. The van der Waals surface area contributed by atoms with Crippen molar-refractivity contribution in [3.63, 3.8) is 0 Å². The molecule has 0 spiro atoms. The third-order valence-electron chi connectivity index (χ3n) is 2.64. The van der Waals surface area contributed by atoms with E-state index in [4.69, 9.17) is 0 Å². The molecule has 1 aliphatic rings. The Balaban J connectivity index is 2.28. The molecule has 1 rings (SSSR count). The van der Waals surface area contributed by atoms with Gasteiger partial charge in [0.05, 0.1) is 17.9 Å². The molecular formula is C9H16F3NO2S. The van der Waals surface area contributed by atoms with Crippen LogP contribution in [0.4, 0.5) is 13.2 Å². The summed E-state index contributed by atoms with van der Waals surface area (Å²) in [5.74, 6) is -0.941. The highest BCUT2D eigenvalue weighted by Gasteiger charge is 2.30. The van der Waals surface area contributed by atoms with Gasteiger partial charge in [-0.25, -0.2) is 8.42 Å². The SMILES string of the molecule is O=S(=O)(CC[C@@H]1CCCN1)CCC(F)(F)F. The van der Waals surface area contributed by atoms with E-state index < -0.39 is 28.2 Å². The standard InChI is InChI=1S/C9H16F3NO2S/c10-9(11,12)4-7-16(14,15)6-3-8-2-1-5-13-8/h8,13H,1-7H2/t8-/m0/s1. The quantitative estimate of drug-likeness (QED) is 0.813. The van der Waals surface area contributed by atoms with Crippen LogP contribution in [0.15, 0.2) is 0 Å². The highest BCUT2D eigenvalue weighted by molar-refractivity contribution is 7.91. The van der Waals surface area contributed by atoms with Crippen LogP contribution in [-0.4, -0.2) is 38.7 Å². The van der Waals surface area contributed by atoms with E-state index in [1.165, 1.54) is 0 Å². The van der Waals surface area contributed by atoms with Gasteiger partial charge in [0, 0.05) is 6.04 Å². The van der Waals surface area contributed by atoms with Gasteiger partial charge in [-0.1, -0.05) is 0 Å². The minimum Gasteiger partial charge on any atom is -0.314 e. The third-order valence-corrected chi connectivity index (χ3v) is 4.32. The summed E-state index contributed by atoms with van der Waals surface area (Å²) in [6.07, 6.45) is -3.30. The molecule has 0 aromatic carbocycles. The first-order valence-corrected chi connectivity index (χ1v) is 7.11. The highest BCUT2D eigenvalue weighted by Crippen LogP contribution is 2.20. The lowest BCUT2D eigenvalue weighted by molar-refractivity contribution is -0.129. The van der Waals surface area contributed by atoms with E-state index in [9.17, 15) is 21.6 Å². The number of sulfone groups is 1. The molecule has 7 heteroatoms. The van der Waals surface area contributed by atoms with Gasteiger partial charge >= 0.3 is 6.18 Å². The maximum Gasteiger partial charge on any atom is 0.390 e. The smallest absolute Gasteiger partial charge is 0.314 e. The number of nitrogens with one attached hydrogen (secondary N) is 1. The lowest BCUT2D eigenvalue weighted by Crippen LogP contribution is -2.26. The molecule has 0 saturated carbocycles. The van der Waals surface area contributed by atoms with Crippen LogP contribution < -0.4 is 5.32 Å². The van der Waals surface area contributed by atoms with Crippen LogP contribution >= 0.6 is 0 Å². The predicted octanol–water partition coefficient (Wildman–Crippen LogP) is 1.50. The van der Waals surface area contributed by atoms with E-state index in [1.54, 1.807) is 0 Å². The van der Waals surface area contributed by atoms with Crippen molar-refractivity contribution in [2.24, 2.45) is 0 Å². The van der Waals surface area contributed by atoms with Crippen molar-refractivity contribution >= 4 is 9.84 Å². The average Bonchev–Trinajstić information content (AvgIpc) is 2.64. The topological polar surface area (TPSA) is 46.2 Å². The largest absolute Gasteiger partial charge is 0.390 e. The molecule has 0 unspecified atom stereocenters. The van der Waals surface area contributed by atoms with Gasteiger partial charge in [-0.2, -0.15) is 13.2 Å². The van der Waals surface area contributed by atoms with Gasteiger partial charge in [0.25, 0.3) is 0 Å². The molecule has 1 heterocycles. The number of hydrogen-bond acceptors (Lipinski definition) is 3. The number of halogens is 3. The summed E-state index contributed by atoms with van der Waals surface area (Å²) in [4.78, 5) is 0. The van der Waals surface area contributed by atoms with Crippen LogP contribution in [0.1, 0.15) is 25.7 Å². The van der Waals surface area contributed by atoms with E-state index in [0.717, 1.165) is 19.4 Å². The van der Waals surface area contributed by atoms with Gasteiger partial charge in [0.1, 0.15) is 0 Å². The van der Waals surface area contributed by atoms with Crippen molar-refractivity contribution in [2.45, 2.75) is 37.9 Å². The zero-order valence-corrected chi connectivity index (χ0v) is 9.70. The van der Waals surface area contributed by atoms with Gasteiger partial charge in [-0.05, 0) is 25.8 Å². The fourth-order valence-corrected chi connectivity index (χ4v) is 3.09. The van der Waals surface area contributed by atoms with Crippen LogP contribution in [-0.2, 0) is 9.84 Å². The van der Waals surface area contributed by atoms with Crippen LogP contribution in [0.2, 0.25) is 0 Å². The van der Waals surface area contributed by atoms with Crippen molar-refractivity contribution in [1.82, 2.24) is 5.32 Å². The highest BCUT2D eigenvalue weighted by atomic mass is 32.2. The molecule has 1 fully saturated rings. The normalized spacial score (nSPS) is 22.6. The zero-order valence-electron chi connectivity index (χ0n) is 8.89. The molecule has 3 nitrogen and oxygen atoms in total. The molecule has 0 bridgehead atoms. The predicted molar refractivity (Wildman–Crippen MR) is 55.0 cm³/mol. The first-order chi connectivity index (χ1) is 7.29. The molecule has 1 atom stereocenters. The van der Waals surface area contributed by atoms with Gasteiger partial charge < -0.3 is 5.32 Å². The lowest BCUT2D eigenvalue weighted by atomic mass is 10.2. The van der Waals surface area contributed by atoms with Gasteiger partial charge in [-0.3, -0.25) is 0 Å². The molecule has 0 radical (unpaired) electrons. The van der Waals surface area contributed by atoms with Crippen molar-refractivity contribution in [3.8, 4) is 0 Å². The maximum atomic E-state index is 11.9. The summed E-state index contributed by atoms with van der Waals surface area (Å²) >= 11 is 0. The summed E-state index contributed by atoms with van der Waals surface area (Å²) < 4.78 is 58.2. The second kappa shape index (κ2) is 5.35. The van der Waals surface area contributed by atoms with E-state index in [1.807, 2.05) is 0 Å². The molecular weight excluding hydrogens is 243 g/mol. The van der Waals surface area contributed by atoms with E-state index in [0.29, 0.717) is 6.42 Å². The molecule has 0 aliphatic carbocycles. The molecule has 1 saturated heterocycles. The minimum atomic E-state index is -4.39. The Morgan fingerprint density at radius 1 is 1.25 bits per heavy atom. The average molecular weight is 259 g/mol. The minimum absolute atomic E-state index is 0.152.